The minimum Gasteiger partial charge on any atom is -0.496 e. The van der Waals surface area contributed by atoms with Gasteiger partial charge in [0.05, 0.1) is 18.9 Å². The number of para-hydroxylation sites is 1. The van der Waals surface area contributed by atoms with Crippen LogP contribution in [0, 0.1) is 5.82 Å². The van der Waals surface area contributed by atoms with Crippen LogP contribution in [0.4, 0.5) is 4.39 Å². The Hall–Kier alpha value is -3.74. The lowest BCUT2D eigenvalue weighted by atomic mass is 10.1. The standard InChI is InChI=1S/C21H18FN3O3/c1-27-19-9-8-15(12-24-25-21(26)16-5-4-10-23-13-16)11-17(19)14-28-20-7-3-2-6-18(20)22/h2-13H,14H2,1H3,(H,25,26)/b24-12+. The van der Waals surface area contributed by atoms with E-state index < -0.39 is 5.82 Å². The highest BCUT2D eigenvalue weighted by Gasteiger charge is 2.08. The van der Waals surface area contributed by atoms with Gasteiger partial charge in [-0.1, -0.05) is 12.1 Å². The number of methoxy groups -OCH3 is 1. The van der Waals surface area contributed by atoms with Crippen molar-refractivity contribution >= 4 is 12.1 Å². The van der Waals surface area contributed by atoms with Gasteiger partial charge in [0.1, 0.15) is 12.4 Å². The zero-order valence-corrected chi connectivity index (χ0v) is 15.1. The summed E-state index contributed by atoms with van der Waals surface area (Å²) in [4.78, 5) is 15.8. The summed E-state index contributed by atoms with van der Waals surface area (Å²) in [5, 5.41) is 3.95. The van der Waals surface area contributed by atoms with E-state index in [4.69, 9.17) is 9.47 Å². The molecule has 0 radical (unpaired) electrons. The second kappa shape index (κ2) is 9.27. The Morgan fingerprint density at radius 2 is 2.04 bits per heavy atom. The van der Waals surface area contributed by atoms with E-state index in [1.165, 1.54) is 18.5 Å². The first-order valence-corrected chi connectivity index (χ1v) is 8.45. The van der Waals surface area contributed by atoms with Crippen LogP contribution in [0.1, 0.15) is 21.5 Å². The third kappa shape index (κ3) is 4.91. The number of hydrazone groups is 1. The highest BCUT2D eigenvalue weighted by Crippen LogP contribution is 2.23. The predicted molar refractivity (Wildman–Crippen MR) is 103 cm³/mol. The van der Waals surface area contributed by atoms with Gasteiger partial charge in [-0.2, -0.15) is 5.10 Å². The average molecular weight is 379 g/mol. The molecule has 28 heavy (non-hydrogen) atoms. The van der Waals surface area contributed by atoms with Crippen LogP contribution in [0.5, 0.6) is 11.5 Å². The second-order valence-electron chi connectivity index (χ2n) is 5.73. The molecule has 6 nitrogen and oxygen atoms in total. The van der Waals surface area contributed by atoms with Gasteiger partial charge in [-0.15, -0.1) is 0 Å². The summed E-state index contributed by atoms with van der Waals surface area (Å²) in [5.41, 5.74) is 4.29. The number of ether oxygens (including phenoxy) is 2. The summed E-state index contributed by atoms with van der Waals surface area (Å²) in [6.45, 7) is 0.119. The second-order valence-corrected chi connectivity index (χ2v) is 5.73. The summed E-state index contributed by atoms with van der Waals surface area (Å²) in [7, 11) is 1.55. The van der Waals surface area contributed by atoms with Gasteiger partial charge in [0.2, 0.25) is 0 Å². The first kappa shape index (κ1) is 19.0. The Balaban J connectivity index is 1.68. The molecule has 0 unspecified atom stereocenters. The molecule has 0 bridgehead atoms. The van der Waals surface area contributed by atoms with Gasteiger partial charge >= 0.3 is 0 Å². The molecule has 3 aromatic rings. The molecular formula is C21H18FN3O3. The van der Waals surface area contributed by atoms with Crippen molar-refractivity contribution in [2.75, 3.05) is 7.11 Å². The number of halogens is 1. The quantitative estimate of drug-likeness (QED) is 0.503. The third-order valence-corrected chi connectivity index (χ3v) is 3.83. The van der Waals surface area contributed by atoms with Gasteiger partial charge in [0.15, 0.2) is 11.6 Å². The monoisotopic (exact) mass is 379 g/mol. The smallest absolute Gasteiger partial charge is 0.272 e. The molecule has 3 rings (SSSR count). The summed E-state index contributed by atoms with van der Waals surface area (Å²) in [5.74, 6) is -0.0292. The number of aromatic nitrogens is 1. The molecule has 1 amide bonds. The maximum Gasteiger partial charge on any atom is 0.272 e. The predicted octanol–water partition coefficient (Wildman–Crippen LogP) is 3.57. The minimum absolute atomic E-state index is 0.119. The SMILES string of the molecule is COc1ccc(/C=N/NC(=O)c2cccnc2)cc1COc1ccccc1F. The molecular weight excluding hydrogens is 361 g/mol. The number of nitrogens with one attached hydrogen (secondary N) is 1. The maximum absolute atomic E-state index is 13.7. The van der Waals surface area contributed by atoms with Gasteiger partial charge in [0, 0.05) is 18.0 Å². The summed E-state index contributed by atoms with van der Waals surface area (Å²) in [6.07, 6.45) is 4.54. The molecule has 0 atom stereocenters. The van der Waals surface area contributed by atoms with Crippen LogP contribution in [0.15, 0.2) is 72.1 Å². The summed E-state index contributed by atoms with van der Waals surface area (Å²) < 4.78 is 24.6. The molecule has 0 fully saturated rings. The van der Waals surface area contributed by atoms with E-state index in [2.05, 4.69) is 15.5 Å². The number of carbonyl (C=O) groups excluding carboxylic acids is 1. The van der Waals surface area contributed by atoms with Gasteiger partial charge in [-0.05, 0) is 48.0 Å². The molecule has 0 saturated heterocycles. The molecule has 1 heterocycles. The van der Waals surface area contributed by atoms with E-state index in [-0.39, 0.29) is 18.3 Å². The van der Waals surface area contributed by atoms with Crippen LogP contribution >= 0.6 is 0 Å². The Labute approximate surface area is 161 Å². The van der Waals surface area contributed by atoms with Gasteiger partial charge < -0.3 is 9.47 Å². The lowest BCUT2D eigenvalue weighted by molar-refractivity contribution is 0.0955. The van der Waals surface area contributed by atoms with E-state index >= 15 is 0 Å². The first-order valence-electron chi connectivity index (χ1n) is 8.45. The van der Waals surface area contributed by atoms with Gasteiger partial charge in [-0.3, -0.25) is 9.78 Å². The van der Waals surface area contributed by atoms with E-state index in [9.17, 15) is 9.18 Å². The molecule has 1 N–H and O–H groups in total. The Bertz CT molecular complexity index is 978. The molecule has 7 heteroatoms. The number of amides is 1. The van der Waals surface area contributed by atoms with Crippen LogP contribution in [0.3, 0.4) is 0 Å². The number of hydrogen-bond acceptors (Lipinski definition) is 5. The largest absolute Gasteiger partial charge is 0.496 e. The Morgan fingerprint density at radius 1 is 1.18 bits per heavy atom. The number of carbonyl (C=O) groups is 1. The fourth-order valence-electron chi connectivity index (χ4n) is 2.44. The third-order valence-electron chi connectivity index (χ3n) is 3.83. The number of nitrogens with zero attached hydrogens (tertiary/aromatic N) is 2. The fourth-order valence-corrected chi connectivity index (χ4v) is 2.44. The molecule has 0 aliphatic heterocycles. The van der Waals surface area contributed by atoms with Crippen molar-refractivity contribution in [3.05, 3.63) is 89.5 Å². The van der Waals surface area contributed by atoms with E-state index in [1.54, 1.807) is 61.8 Å². The van der Waals surface area contributed by atoms with Crippen molar-refractivity contribution in [1.29, 1.82) is 0 Å². The molecule has 0 spiro atoms. The lowest BCUT2D eigenvalue weighted by Crippen LogP contribution is -2.17. The summed E-state index contributed by atoms with van der Waals surface area (Å²) >= 11 is 0. The molecule has 0 saturated carbocycles. The van der Waals surface area contributed by atoms with Crippen molar-refractivity contribution < 1.29 is 18.7 Å². The van der Waals surface area contributed by atoms with Crippen molar-refractivity contribution in [3.8, 4) is 11.5 Å². The molecule has 0 aliphatic rings. The van der Waals surface area contributed by atoms with Crippen molar-refractivity contribution in [3.63, 3.8) is 0 Å². The molecule has 2 aromatic carbocycles. The Kier molecular flexibility index (Phi) is 6.30. The molecule has 1 aromatic heterocycles. The van der Waals surface area contributed by atoms with Gasteiger partial charge in [0.25, 0.3) is 5.91 Å². The van der Waals surface area contributed by atoms with E-state index in [0.29, 0.717) is 16.9 Å². The summed E-state index contributed by atoms with van der Waals surface area (Å²) in [6, 6.07) is 14.8. The average Bonchev–Trinajstić information content (AvgIpc) is 2.74. The highest BCUT2D eigenvalue weighted by molar-refractivity contribution is 5.94. The van der Waals surface area contributed by atoms with Crippen LogP contribution in [0.2, 0.25) is 0 Å². The van der Waals surface area contributed by atoms with Crippen LogP contribution in [-0.2, 0) is 6.61 Å². The normalized spacial score (nSPS) is 10.6. The zero-order valence-electron chi connectivity index (χ0n) is 15.1. The van der Waals surface area contributed by atoms with Crippen molar-refractivity contribution in [2.24, 2.45) is 5.10 Å². The van der Waals surface area contributed by atoms with Crippen LogP contribution in [0.25, 0.3) is 0 Å². The number of pyridine rings is 1. The first-order chi connectivity index (χ1) is 13.7. The molecule has 0 aliphatic carbocycles. The fraction of sp³-hybridized carbons (Fsp3) is 0.0952. The van der Waals surface area contributed by atoms with Crippen LogP contribution < -0.4 is 14.9 Å². The van der Waals surface area contributed by atoms with Crippen molar-refractivity contribution in [2.45, 2.75) is 6.61 Å². The number of rotatable bonds is 7. The van der Waals surface area contributed by atoms with E-state index in [1.807, 2.05) is 0 Å². The minimum atomic E-state index is -0.433. The van der Waals surface area contributed by atoms with Gasteiger partial charge in [-0.25, -0.2) is 9.82 Å². The molecule has 142 valence electrons. The topological polar surface area (TPSA) is 72.8 Å². The van der Waals surface area contributed by atoms with E-state index in [0.717, 1.165) is 5.56 Å². The zero-order chi connectivity index (χ0) is 19.8. The highest BCUT2D eigenvalue weighted by atomic mass is 19.1. The number of benzene rings is 2. The van der Waals surface area contributed by atoms with Crippen molar-refractivity contribution in [1.82, 2.24) is 10.4 Å². The van der Waals surface area contributed by atoms with Crippen LogP contribution in [-0.4, -0.2) is 24.2 Å². The number of hydrogen-bond donors (Lipinski definition) is 1. The lowest BCUT2D eigenvalue weighted by Gasteiger charge is -2.11. The maximum atomic E-state index is 13.7. The Morgan fingerprint density at radius 3 is 2.79 bits per heavy atom.